The molecule has 14 nitrogen and oxygen atoms in total. The number of methoxy groups -OCH3 is 1. The normalized spacial score (nSPS) is 25.4. The molecule has 0 aliphatic carbocycles. The van der Waals surface area contributed by atoms with E-state index < -0.39 is 55.3 Å². The van der Waals surface area contributed by atoms with Gasteiger partial charge in [0, 0.05) is 9.82 Å². The van der Waals surface area contributed by atoms with Gasteiger partial charge in [0.15, 0.2) is 12.3 Å². The van der Waals surface area contributed by atoms with Crippen LogP contribution in [0.25, 0.3) is 20.9 Å². The fourth-order valence-corrected chi connectivity index (χ4v) is 2.96. The first-order valence-corrected chi connectivity index (χ1v) is 9.49. The zero-order valence-electron chi connectivity index (χ0n) is 17.3. The number of hydrogen-bond acceptors (Lipinski definition) is 9. The van der Waals surface area contributed by atoms with Crippen LogP contribution in [0.15, 0.2) is 40.6 Å². The van der Waals surface area contributed by atoms with Crippen LogP contribution in [-0.2, 0) is 30.3 Å². The lowest BCUT2D eigenvalue weighted by Gasteiger charge is -2.40. The van der Waals surface area contributed by atoms with Crippen molar-refractivity contribution in [1.82, 2.24) is 5.32 Å². The van der Waals surface area contributed by atoms with Crippen molar-refractivity contribution in [3.8, 4) is 0 Å². The smallest absolute Gasteiger partial charge is 0.408 e. The molecule has 1 aromatic carbocycles. The number of carbonyl (C=O) groups is 2. The van der Waals surface area contributed by atoms with Gasteiger partial charge in [-0.05, 0) is 23.5 Å². The number of aliphatic hydroxyl groups excluding tert-OH is 1. The summed E-state index contributed by atoms with van der Waals surface area (Å²) < 4.78 is 20.8. The zero-order chi connectivity index (χ0) is 23.5. The molecule has 1 saturated heterocycles. The number of alkyl carbamates (subject to hydrolysis) is 1. The Bertz CT molecular complexity index is 874. The van der Waals surface area contributed by atoms with Crippen molar-refractivity contribution >= 4 is 12.1 Å². The Kier molecular flexibility index (Phi) is 9.54. The van der Waals surface area contributed by atoms with Crippen LogP contribution in [0, 0.1) is 0 Å². The van der Waals surface area contributed by atoms with Crippen LogP contribution in [0.4, 0.5) is 4.79 Å². The minimum atomic E-state index is -1.39. The summed E-state index contributed by atoms with van der Waals surface area (Å²) in [4.78, 5) is 29.5. The second-order valence-corrected chi connectivity index (χ2v) is 6.71. The highest BCUT2D eigenvalue weighted by Gasteiger charge is 2.44. The van der Waals surface area contributed by atoms with Gasteiger partial charge in [0.2, 0.25) is 0 Å². The van der Waals surface area contributed by atoms with E-state index in [1.165, 1.54) is 6.92 Å². The summed E-state index contributed by atoms with van der Waals surface area (Å²) in [6.07, 6.45) is -4.34. The van der Waals surface area contributed by atoms with Crippen molar-refractivity contribution in [3.05, 3.63) is 56.8 Å². The van der Waals surface area contributed by atoms with Gasteiger partial charge < -0.3 is 29.4 Å². The van der Waals surface area contributed by atoms with E-state index in [9.17, 15) is 14.7 Å². The van der Waals surface area contributed by atoms with E-state index >= 15 is 0 Å². The lowest BCUT2D eigenvalue weighted by Crippen LogP contribution is -2.56. The Hall–Kier alpha value is -3.54. The fourth-order valence-electron chi connectivity index (χ4n) is 2.96. The number of esters is 1. The number of aliphatic hydroxyl groups is 1. The van der Waals surface area contributed by atoms with E-state index in [2.05, 4.69) is 30.1 Å². The van der Waals surface area contributed by atoms with Gasteiger partial charge in [-0.15, -0.1) is 0 Å². The number of nitrogens with zero attached hydrogens (tertiary/aromatic N) is 6. The molecule has 14 heteroatoms. The molecule has 0 saturated carbocycles. The van der Waals surface area contributed by atoms with Crippen LogP contribution < -0.4 is 5.32 Å². The van der Waals surface area contributed by atoms with Crippen molar-refractivity contribution in [1.29, 1.82) is 0 Å². The molecule has 0 aromatic heterocycles. The molecule has 32 heavy (non-hydrogen) atoms. The molecule has 0 spiro atoms. The van der Waals surface area contributed by atoms with Gasteiger partial charge in [-0.1, -0.05) is 40.6 Å². The number of benzene rings is 1. The van der Waals surface area contributed by atoms with E-state index in [0.717, 1.165) is 12.7 Å². The topological polar surface area (TPSA) is 201 Å². The number of rotatable bonds is 9. The van der Waals surface area contributed by atoms with E-state index in [0.29, 0.717) is 0 Å². The van der Waals surface area contributed by atoms with Gasteiger partial charge in [0.1, 0.15) is 12.6 Å². The molecule has 0 radical (unpaired) electrons. The third kappa shape index (κ3) is 6.74. The quantitative estimate of drug-likeness (QED) is 0.248. The average Bonchev–Trinajstić information content (AvgIpc) is 2.80. The maximum Gasteiger partial charge on any atom is 0.408 e. The highest BCUT2D eigenvalue weighted by molar-refractivity contribution is 5.81. The van der Waals surface area contributed by atoms with Crippen molar-refractivity contribution < 1.29 is 33.6 Å². The zero-order valence-corrected chi connectivity index (χ0v) is 17.3. The predicted octanol–water partition coefficient (Wildman–Crippen LogP) is 1.93. The number of carbonyl (C=O) groups excluding carboxylic acids is 2. The molecular formula is C18H23N7O7. The highest BCUT2D eigenvalue weighted by atomic mass is 16.7. The molecule has 0 unspecified atom stereocenters. The van der Waals surface area contributed by atoms with Gasteiger partial charge in [-0.3, -0.25) is 0 Å². The van der Waals surface area contributed by atoms with E-state index in [-0.39, 0.29) is 6.61 Å². The highest BCUT2D eigenvalue weighted by Crippen LogP contribution is 2.27. The second kappa shape index (κ2) is 12.3. The van der Waals surface area contributed by atoms with Crippen LogP contribution in [0.3, 0.4) is 0 Å². The third-order valence-corrected chi connectivity index (χ3v) is 4.60. The fraction of sp³-hybridized carbons (Fsp3) is 0.556. The van der Waals surface area contributed by atoms with Gasteiger partial charge in [-0.2, -0.15) is 0 Å². The Morgan fingerprint density at radius 3 is 2.50 bits per heavy atom. The van der Waals surface area contributed by atoms with Crippen LogP contribution in [0.2, 0.25) is 0 Å². The molecule has 1 aliphatic heterocycles. The first kappa shape index (κ1) is 24.7. The Balaban J connectivity index is 2.01. The van der Waals surface area contributed by atoms with Gasteiger partial charge >= 0.3 is 12.1 Å². The van der Waals surface area contributed by atoms with Gasteiger partial charge in [0.05, 0.1) is 32.0 Å². The Morgan fingerprint density at radius 2 is 1.88 bits per heavy atom. The summed E-state index contributed by atoms with van der Waals surface area (Å²) in [7, 11) is 1.13. The van der Waals surface area contributed by atoms with Crippen LogP contribution in [-0.4, -0.2) is 67.5 Å². The van der Waals surface area contributed by atoms with E-state index in [4.69, 9.17) is 25.3 Å². The Morgan fingerprint density at radius 1 is 1.22 bits per heavy atom. The van der Waals surface area contributed by atoms with Gasteiger partial charge in [0.25, 0.3) is 0 Å². The first-order chi connectivity index (χ1) is 15.4. The number of azide groups is 2. The van der Waals surface area contributed by atoms with E-state index in [1.807, 2.05) is 6.07 Å². The molecule has 172 valence electrons. The van der Waals surface area contributed by atoms with Crippen molar-refractivity contribution in [2.24, 2.45) is 10.2 Å². The third-order valence-electron chi connectivity index (χ3n) is 4.60. The SMILES string of the molecule is COC(=O)[C@H](CO[C@H]1O[C@H](C)[C@H](N=[N+]=[N-])[C@H](O)[C@H]1N=[N+]=[N-])NC(=O)OCc1ccccc1. The van der Waals surface area contributed by atoms with Crippen LogP contribution in [0.5, 0.6) is 0 Å². The molecular weight excluding hydrogens is 426 g/mol. The lowest BCUT2D eigenvalue weighted by atomic mass is 9.96. The summed E-state index contributed by atoms with van der Waals surface area (Å²) in [6, 6.07) is 5.36. The van der Waals surface area contributed by atoms with Crippen molar-refractivity contribution in [2.45, 2.75) is 50.2 Å². The molecule has 2 rings (SSSR count). The summed E-state index contributed by atoms with van der Waals surface area (Å²) >= 11 is 0. The minimum absolute atomic E-state index is 0.0172. The average molecular weight is 449 g/mol. The molecule has 1 amide bonds. The maximum absolute atomic E-state index is 12.1. The van der Waals surface area contributed by atoms with Crippen LogP contribution in [0.1, 0.15) is 12.5 Å². The summed E-state index contributed by atoms with van der Waals surface area (Å²) in [5.74, 6) is -0.821. The number of ether oxygens (including phenoxy) is 4. The Labute approximate surface area is 182 Å². The van der Waals surface area contributed by atoms with E-state index in [1.54, 1.807) is 24.3 Å². The molecule has 6 atom stereocenters. The monoisotopic (exact) mass is 449 g/mol. The first-order valence-electron chi connectivity index (χ1n) is 9.49. The molecule has 1 aromatic rings. The van der Waals surface area contributed by atoms with Crippen molar-refractivity contribution in [3.63, 3.8) is 0 Å². The summed E-state index contributed by atoms with van der Waals surface area (Å²) in [6.45, 7) is 1.07. The lowest BCUT2D eigenvalue weighted by molar-refractivity contribution is -0.229. The van der Waals surface area contributed by atoms with Gasteiger partial charge in [-0.25, -0.2) is 9.59 Å². The number of hydrogen-bond donors (Lipinski definition) is 2. The molecule has 2 N–H and O–H groups in total. The standard InChI is InChI=1S/C18H23N7O7/c1-10-13(22-24-19)15(26)14(23-25-20)17(32-10)30-9-12(16(27)29-2)21-18(28)31-8-11-6-4-3-5-7-11/h3-7,10,12-15,17,26H,8-9H2,1-2H3,(H,21,28)/t10-,12+,13+,14-,15+,17+/m1/s1. The molecule has 1 aliphatic rings. The minimum Gasteiger partial charge on any atom is -0.467 e. The molecule has 0 bridgehead atoms. The number of nitrogens with one attached hydrogen (secondary N) is 1. The largest absolute Gasteiger partial charge is 0.467 e. The number of amides is 1. The molecule has 1 fully saturated rings. The summed E-state index contributed by atoms with van der Waals surface area (Å²) in [5.41, 5.74) is 18.2. The van der Waals surface area contributed by atoms with Crippen LogP contribution >= 0.6 is 0 Å². The summed E-state index contributed by atoms with van der Waals surface area (Å²) in [5, 5.41) is 19.6. The second-order valence-electron chi connectivity index (χ2n) is 6.71. The predicted molar refractivity (Wildman–Crippen MR) is 108 cm³/mol. The molecule has 1 heterocycles. The van der Waals surface area contributed by atoms with Crippen molar-refractivity contribution in [2.75, 3.05) is 13.7 Å². The maximum atomic E-state index is 12.1.